The molecule has 1 unspecified atom stereocenters. The van der Waals surface area contributed by atoms with Crippen molar-refractivity contribution in [2.24, 2.45) is 5.73 Å². The predicted molar refractivity (Wildman–Crippen MR) is 136 cm³/mol. The first-order valence-electron chi connectivity index (χ1n) is 10.9. The van der Waals surface area contributed by atoms with Gasteiger partial charge in [-0.1, -0.05) is 36.0 Å². The molecule has 1 heterocycles. The maximum atomic E-state index is 12.7. The lowest BCUT2D eigenvalue weighted by molar-refractivity contribution is -0.147. The van der Waals surface area contributed by atoms with Crippen LogP contribution in [0.4, 0.5) is 0 Å². The molecule has 0 saturated heterocycles. The summed E-state index contributed by atoms with van der Waals surface area (Å²) in [6.45, 7) is 2.51. The number of amides is 1. The van der Waals surface area contributed by atoms with Crippen molar-refractivity contribution in [2.75, 3.05) is 18.9 Å². The number of nitrogens with zero attached hydrogens (tertiary/aromatic N) is 3. The average molecular weight is 544 g/mol. The summed E-state index contributed by atoms with van der Waals surface area (Å²) >= 11 is 4.80. The molecular weight excluding hydrogens is 518 g/mol. The molecule has 3 rings (SSSR count). The van der Waals surface area contributed by atoms with Crippen molar-refractivity contribution in [1.82, 2.24) is 14.9 Å². The molecule has 10 heteroatoms. The fraction of sp³-hybridized carbons (Fsp3) is 0.333. The average Bonchev–Trinajstić information content (AvgIpc) is 3.21. The van der Waals surface area contributed by atoms with E-state index in [1.807, 2.05) is 34.9 Å². The number of hydrogen-bond acceptors (Lipinski definition) is 7. The first kappa shape index (κ1) is 25.7. The van der Waals surface area contributed by atoms with Gasteiger partial charge < -0.3 is 15.8 Å². The van der Waals surface area contributed by atoms with E-state index in [-0.39, 0.29) is 18.3 Å². The number of carbonyl (C=O) groups is 2. The molecule has 3 aromatic rings. The third-order valence-electron chi connectivity index (χ3n) is 5.13. The van der Waals surface area contributed by atoms with Crippen LogP contribution in [0.25, 0.3) is 16.5 Å². The van der Waals surface area contributed by atoms with Crippen LogP contribution in [-0.4, -0.2) is 46.4 Å². The van der Waals surface area contributed by atoms with Crippen LogP contribution in [0.3, 0.4) is 0 Å². The van der Waals surface area contributed by atoms with Crippen LogP contribution in [0, 0.1) is 11.3 Å². The number of benzene rings is 2. The van der Waals surface area contributed by atoms with Crippen molar-refractivity contribution >= 4 is 50.3 Å². The van der Waals surface area contributed by atoms with Crippen molar-refractivity contribution < 1.29 is 14.3 Å². The normalized spacial score (nSPS) is 11.7. The zero-order valence-electron chi connectivity index (χ0n) is 18.8. The molecule has 0 saturated carbocycles. The molecule has 0 fully saturated rings. The van der Waals surface area contributed by atoms with Crippen LogP contribution in [0.2, 0.25) is 0 Å². The molecule has 0 aliphatic heterocycles. The van der Waals surface area contributed by atoms with Crippen molar-refractivity contribution in [3.63, 3.8) is 0 Å². The molecule has 2 aromatic carbocycles. The SMILES string of the molecule is CCOC(=O)C(CCCCN)NC(=O)CSc1ncc(Br)n1-c1ccc(C#N)c2ccccc12. The molecule has 0 aliphatic rings. The molecule has 3 N–H and O–H groups in total. The number of carbonyl (C=O) groups excluding carboxylic acids is 2. The summed E-state index contributed by atoms with van der Waals surface area (Å²) in [5.74, 6) is -0.651. The van der Waals surface area contributed by atoms with Gasteiger partial charge in [0.15, 0.2) is 5.16 Å². The Balaban J connectivity index is 1.78. The summed E-state index contributed by atoms with van der Waals surface area (Å²) in [6.07, 6.45) is 3.63. The van der Waals surface area contributed by atoms with Crippen molar-refractivity contribution in [3.05, 3.63) is 52.8 Å². The van der Waals surface area contributed by atoms with E-state index >= 15 is 0 Å². The summed E-state index contributed by atoms with van der Waals surface area (Å²) in [4.78, 5) is 29.4. The van der Waals surface area contributed by atoms with Gasteiger partial charge in [0.25, 0.3) is 0 Å². The highest BCUT2D eigenvalue weighted by Gasteiger charge is 2.22. The molecule has 1 amide bonds. The van der Waals surface area contributed by atoms with E-state index in [0.29, 0.717) is 23.7 Å². The molecule has 0 spiro atoms. The van der Waals surface area contributed by atoms with E-state index in [0.717, 1.165) is 33.9 Å². The Labute approximate surface area is 211 Å². The Morgan fingerprint density at radius 3 is 2.74 bits per heavy atom. The number of hydrogen-bond donors (Lipinski definition) is 2. The second-order valence-electron chi connectivity index (χ2n) is 7.43. The Morgan fingerprint density at radius 1 is 1.26 bits per heavy atom. The van der Waals surface area contributed by atoms with Gasteiger partial charge >= 0.3 is 5.97 Å². The van der Waals surface area contributed by atoms with Crippen LogP contribution >= 0.6 is 27.7 Å². The smallest absolute Gasteiger partial charge is 0.328 e. The summed E-state index contributed by atoms with van der Waals surface area (Å²) in [7, 11) is 0. The third kappa shape index (κ3) is 6.17. The highest BCUT2D eigenvalue weighted by atomic mass is 79.9. The minimum atomic E-state index is -0.700. The zero-order chi connectivity index (χ0) is 24.5. The number of imidazole rings is 1. The molecule has 8 nitrogen and oxygen atoms in total. The minimum absolute atomic E-state index is 0.0739. The summed E-state index contributed by atoms with van der Waals surface area (Å²) in [5.41, 5.74) is 6.97. The van der Waals surface area contributed by atoms with Crippen LogP contribution < -0.4 is 11.1 Å². The largest absolute Gasteiger partial charge is 0.464 e. The topological polar surface area (TPSA) is 123 Å². The number of nitriles is 1. The Morgan fingerprint density at radius 2 is 2.03 bits per heavy atom. The lowest BCUT2D eigenvalue weighted by atomic mass is 10.0. The van der Waals surface area contributed by atoms with Gasteiger partial charge in [-0.3, -0.25) is 9.36 Å². The number of rotatable bonds is 11. The maximum absolute atomic E-state index is 12.7. The first-order valence-corrected chi connectivity index (χ1v) is 12.7. The highest BCUT2D eigenvalue weighted by molar-refractivity contribution is 9.10. The van der Waals surface area contributed by atoms with Gasteiger partial charge in [-0.2, -0.15) is 5.26 Å². The van der Waals surface area contributed by atoms with E-state index < -0.39 is 12.0 Å². The lowest BCUT2D eigenvalue weighted by Crippen LogP contribution is -2.42. The second kappa shape index (κ2) is 12.6. The van der Waals surface area contributed by atoms with Gasteiger partial charge in [-0.15, -0.1) is 0 Å². The van der Waals surface area contributed by atoms with E-state index in [1.54, 1.807) is 19.2 Å². The van der Waals surface area contributed by atoms with E-state index in [4.69, 9.17) is 10.5 Å². The Hall–Kier alpha value is -2.87. The van der Waals surface area contributed by atoms with Crippen LogP contribution in [0.15, 0.2) is 52.4 Å². The standard InChI is InChI=1S/C24H26BrN5O3S/c1-2-33-23(32)19(9-5-6-12-26)29-22(31)15-34-24-28-14-21(25)30(24)20-11-10-16(13-27)17-7-3-4-8-18(17)20/h3-4,7-8,10-11,14,19H,2,5-6,9,12,15,26H2,1H3,(H,29,31). The van der Waals surface area contributed by atoms with Crippen molar-refractivity contribution in [2.45, 2.75) is 37.4 Å². The number of esters is 1. The van der Waals surface area contributed by atoms with Gasteiger partial charge in [-0.05, 0) is 60.8 Å². The summed E-state index contributed by atoms with van der Waals surface area (Å²) in [5, 5.41) is 14.6. The van der Waals surface area contributed by atoms with Crippen molar-refractivity contribution in [3.8, 4) is 11.8 Å². The van der Waals surface area contributed by atoms with Gasteiger partial charge in [-0.25, -0.2) is 9.78 Å². The Bertz CT molecular complexity index is 1210. The van der Waals surface area contributed by atoms with Gasteiger partial charge in [0, 0.05) is 10.8 Å². The zero-order valence-corrected chi connectivity index (χ0v) is 21.2. The molecule has 1 aromatic heterocycles. The van der Waals surface area contributed by atoms with Crippen LogP contribution in [-0.2, 0) is 14.3 Å². The number of aromatic nitrogens is 2. The molecule has 0 bridgehead atoms. The fourth-order valence-electron chi connectivity index (χ4n) is 3.56. The van der Waals surface area contributed by atoms with E-state index in [2.05, 4.69) is 32.3 Å². The van der Waals surface area contributed by atoms with Crippen LogP contribution in [0.5, 0.6) is 0 Å². The number of nitrogens with one attached hydrogen (secondary N) is 1. The van der Waals surface area contributed by atoms with Crippen molar-refractivity contribution in [1.29, 1.82) is 5.26 Å². The fourth-order valence-corrected chi connectivity index (χ4v) is 4.94. The number of fused-ring (bicyclic) bond motifs is 1. The highest BCUT2D eigenvalue weighted by Crippen LogP contribution is 2.32. The molecule has 178 valence electrons. The Kier molecular flexibility index (Phi) is 9.51. The van der Waals surface area contributed by atoms with Gasteiger partial charge in [0.05, 0.1) is 35.9 Å². The number of ether oxygens (including phenoxy) is 1. The van der Waals surface area contributed by atoms with Gasteiger partial charge in [0.1, 0.15) is 10.6 Å². The lowest BCUT2D eigenvalue weighted by Gasteiger charge is -2.17. The third-order valence-corrected chi connectivity index (χ3v) is 6.65. The monoisotopic (exact) mass is 543 g/mol. The minimum Gasteiger partial charge on any atom is -0.464 e. The quantitative estimate of drug-likeness (QED) is 0.213. The molecular formula is C24H26BrN5O3S. The number of halogens is 1. The van der Waals surface area contributed by atoms with Crippen LogP contribution in [0.1, 0.15) is 31.7 Å². The van der Waals surface area contributed by atoms with Gasteiger partial charge in [0.2, 0.25) is 5.91 Å². The first-order chi connectivity index (χ1) is 16.5. The number of thioether (sulfide) groups is 1. The number of nitrogens with two attached hydrogens (primary N) is 1. The molecule has 0 radical (unpaired) electrons. The predicted octanol–water partition coefficient (Wildman–Crippen LogP) is 3.93. The number of unbranched alkanes of at least 4 members (excludes halogenated alkanes) is 1. The molecule has 0 aliphatic carbocycles. The van der Waals surface area contributed by atoms with E-state index in [9.17, 15) is 14.9 Å². The maximum Gasteiger partial charge on any atom is 0.328 e. The second-order valence-corrected chi connectivity index (χ2v) is 9.19. The molecule has 34 heavy (non-hydrogen) atoms. The summed E-state index contributed by atoms with van der Waals surface area (Å²) < 4.78 is 7.71. The van der Waals surface area contributed by atoms with E-state index in [1.165, 1.54) is 11.8 Å². The molecule has 1 atom stereocenters. The summed E-state index contributed by atoms with van der Waals surface area (Å²) in [6, 6.07) is 12.8.